The summed E-state index contributed by atoms with van der Waals surface area (Å²) < 4.78 is 1.80. The Hall–Kier alpha value is -1.30. The average molecular weight is 332 g/mol. The molecule has 0 amide bonds. The SMILES string of the molecule is CCCn1c(SCC)nc2nc(C3CC4CCC3C4)[nH]c2c1=O. The van der Waals surface area contributed by atoms with Gasteiger partial charge in [-0.1, -0.05) is 32.0 Å². The summed E-state index contributed by atoms with van der Waals surface area (Å²) in [6, 6.07) is 0. The van der Waals surface area contributed by atoms with Crippen LogP contribution < -0.4 is 5.56 Å². The first-order valence-corrected chi connectivity index (χ1v) is 9.83. The maximum atomic E-state index is 12.8. The van der Waals surface area contributed by atoms with Crippen molar-refractivity contribution < 1.29 is 0 Å². The second-order valence-corrected chi connectivity index (χ2v) is 8.12. The molecule has 0 radical (unpaired) electrons. The first-order valence-electron chi connectivity index (χ1n) is 8.84. The molecule has 5 nitrogen and oxygen atoms in total. The van der Waals surface area contributed by atoms with Crippen molar-refractivity contribution >= 4 is 22.9 Å². The predicted octanol–water partition coefficient (Wildman–Crippen LogP) is 3.55. The third kappa shape index (κ3) is 2.51. The van der Waals surface area contributed by atoms with E-state index in [2.05, 4.69) is 23.8 Å². The van der Waals surface area contributed by atoms with Gasteiger partial charge in [0.1, 0.15) is 5.82 Å². The summed E-state index contributed by atoms with van der Waals surface area (Å²) in [5, 5.41) is 0.804. The van der Waals surface area contributed by atoms with Crippen LogP contribution in [0.2, 0.25) is 0 Å². The van der Waals surface area contributed by atoms with Gasteiger partial charge in [-0.25, -0.2) is 9.97 Å². The number of nitrogens with one attached hydrogen (secondary N) is 1. The largest absolute Gasteiger partial charge is 0.336 e. The Kier molecular flexibility index (Phi) is 3.95. The summed E-state index contributed by atoms with van der Waals surface area (Å²) in [5.41, 5.74) is 1.24. The van der Waals surface area contributed by atoms with Crippen molar-refractivity contribution in [1.29, 1.82) is 0 Å². The van der Waals surface area contributed by atoms with E-state index in [1.165, 1.54) is 25.7 Å². The van der Waals surface area contributed by atoms with Crippen LogP contribution in [0.15, 0.2) is 9.95 Å². The maximum absolute atomic E-state index is 12.8. The molecule has 0 spiro atoms. The molecule has 3 atom stereocenters. The van der Waals surface area contributed by atoms with Gasteiger partial charge in [-0.15, -0.1) is 0 Å². The third-order valence-electron chi connectivity index (χ3n) is 5.40. The van der Waals surface area contributed by atoms with Gasteiger partial charge in [0.2, 0.25) is 0 Å². The molecule has 0 saturated heterocycles. The Morgan fingerprint density at radius 1 is 1.26 bits per heavy atom. The number of nitrogens with zero attached hydrogens (tertiary/aromatic N) is 3. The van der Waals surface area contributed by atoms with E-state index in [1.807, 2.05) is 0 Å². The van der Waals surface area contributed by atoms with Gasteiger partial charge in [0.05, 0.1) is 0 Å². The maximum Gasteiger partial charge on any atom is 0.280 e. The zero-order valence-corrected chi connectivity index (χ0v) is 14.7. The van der Waals surface area contributed by atoms with E-state index in [1.54, 1.807) is 16.3 Å². The molecule has 0 aliphatic heterocycles. The zero-order chi connectivity index (χ0) is 16.0. The van der Waals surface area contributed by atoms with Gasteiger partial charge < -0.3 is 4.98 Å². The Balaban J connectivity index is 1.78. The Morgan fingerprint density at radius 2 is 2.13 bits per heavy atom. The number of hydrogen-bond donors (Lipinski definition) is 1. The summed E-state index contributed by atoms with van der Waals surface area (Å²) in [5.74, 6) is 4.03. The molecular weight excluding hydrogens is 308 g/mol. The second kappa shape index (κ2) is 5.96. The van der Waals surface area contributed by atoms with Crippen LogP contribution in [-0.2, 0) is 6.54 Å². The molecule has 2 saturated carbocycles. The molecule has 2 aliphatic rings. The molecule has 1 N–H and O–H groups in total. The highest BCUT2D eigenvalue weighted by atomic mass is 32.2. The molecule has 124 valence electrons. The Bertz CT molecular complexity index is 781. The summed E-state index contributed by atoms with van der Waals surface area (Å²) in [4.78, 5) is 25.6. The minimum absolute atomic E-state index is 0.0368. The Morgan fingerprint density at radius 3 is 2.78 bits per heavy atom. The first kappa shape index (κ1) is 15.2. The average Bonchev–Trinajstić information content (AvgIpc) is 3.25. The van der Waals surface area contributed by atoms with Gasteiger partial charge in [0.15, 0.2) is 16.3 Å². The number of fused-ring (bicyclic) bond motifs is 3. The summed E-state index contributed by atoms with van der Waals surface area (Å²) in [7, 11) is 0. The third-order valence-corrected chi connectivity index (χ3v) is 6.26. The highest BCUT2D eigenvalue weighted by Gasteiger charge is 2.41. The quantitative estimate of drug-likeness (QED) is 0.672. The lowest BCUT2D eigenvalue weighted by atomic mass is 9.88. The van der Waals surface area contributed by atoms with E-state index in [4.69, 9.17) is 4.98 Å². The number of hydrogen-bond acceptors (Lipinski definition) is 4. The number of thioether (sulfide) groups is 1. The van der Waals surface area contributed by atoms with Crippen LogP contribution in [0.25, 0.3) is 11.2 Å². The first-order chi connectivity index (χ1) is 11.2. The normalized spacial score (nSPS) is 26.4. The number of aromatic nitrogens is 4. The predicted molar refractivity (Wildman–Crippen MR) is 93.0 cm³/mol. The van der Waals surface area contributed by atoms with Crippen molar-refractivity contribution in [2.24, 2.45) is 11.8 Å². The van der Waals surface area contributed by atoms with Crippen LogP contribution in [-0.4, -0.2) is 25.3 Å². The van der Waals surface area contributed by atoms with Crippen LogP contribution in [0.4, 0.5) is 0 Å². The second-order valence-electron chi connectivity index (χ2n) is 6.89. The molecule has 2 aliphatic carbocycles. The zero-order valence-electron chi connectivity index (χ0n) is 13.8. The summed E-state index contributed by atoms with van der Waals surface area (Å²) in [6.07, 6.45) is 6.19. The topological polar surface area (TPSA) is 63.6 Å². The van der Waals surface area contributed by atoms with Crippen molar-refractivity contribution in [2.75, 3.05) is 5.75 Å². The molecule has 4 rings (SSSR count). The molecule has 6 heteroatoms. The van der Waals surface area contributed by atoms with E-state index in [0.29, 0.717) is 23.6 Å². The van der Waals surface area contributed by atoms with Crippen LogP contribution in [0.3, 0.4) is 0 Å². The number of imidazole rings is 1. The van der Waals surface area contributed by atoms with Gasteiger partial charge in [-0.2, -0.15) is 0 Å². The minimum Gasteiger partial charge on any atom is -0.336 e. The van der Waals surface area contributed by atoms with Gasteiger partial charge in [0.25, 0.3) is 5.56 Å². The number of rotatable bonds is 5. The van der Waals surface area contributed by atoms with Crippen molar-refractivity contribution in [1.82, 2.24) is 19.5 Å². The molecule has 3 unspecified atom stereocenters. The fourth-order valence-corrected chi connectivity index (χ4v) is 5.14. The number of H-pyrrole nitrogens is 1. The van der Waals surface area contributed by atoms with E-state index in [-0.39, 0.29) is 5.56 Å². The molecule has 2 aromatic rings. The molecule has 23 heavy (non-hydrogen) atoms. The summed E-state index contributed by atoms with van der Waals surface area (Å²) in [6.45, 7) is 4.89. The van der Waals surface area contributed by atoms with Crippen molar-refractivity contribution in [2.45, 2.75) is 63.6 Å². The van der Waals surface area contributed by atoms with Gasteiger partial charge in [0, 0.05) is 12.5 Å². The van der Waals surface area contributed by atoms with Crippen LogP contribution in [0.5, 0.6) is 0 Å². The van der Waals surface area contributed by atoms with Crippen molar-refractivity contribution in [3.63, 3.8) is 0 Å². The van der Waals surface area contributed by atoms with Gasteiger partial charge in [-0.05, 0) is 43.3 Å². The molecule has 2 bridgehead atoms. The minimum atomic E-state index is 0.0368. The van der Waals surface area contributed by atoms with E-state index < -0.39 is 0 Å². The fourth-order valence-electron chi connectivity index (χ4n) is 4.40. The van der Waals surface area contributed by atoms with Crippen molar-refractivity contribution in [3.05, 3.63) is 16.2 Å². The lowest BCUT2D eigenvalue weighted by Crippen LogP contribution is -2.23. The van der Waals surface area contributed by atoms with Crippen LogP contribution in [0, 0.1) is 11.8 Å². The molecule has 2 heterocycles. The van der Waals surface area contributed by atoms with Crippen molar-refractivity contribution in [3.8, 4) is 0 Å². The van der Waals surface area contributed by atoms with E-state index >= 15 is 0 Å². The molecular formula is C17H24N4OS. The standard InChI is InChI=1S/C17H24N4OS/c1-3-7-21-16(22)13-15(20-17(21)23-4-2)19-14(18-13)12-9-10-5-6-11(12)8-10/h10-12H,3-9H2,1-2H3,(H,18,19). The monoisotopic (exact) mass is 332 g/mol. The lowest BCUT2D eigenvalue weighted by molar-refractivity contribution is 0.408. The highest BCUT2D eigenvalue weighted by Crippen LogP contribution is 2.52. The molecule has 2 aromatic heterocycles. The van der Waals surface area contributed by atoms with Crippen LogP contribution in [0.1, 0.15) is 57.7 Å². The summed E-state index contributed by atoms with van der Waals surface area (Å²) >= 11 is 1.62. The lowest BCUT2D eigenvalue weighted by Gasteiger charge is -2.18. The van der Waals surface area contributed by atoms with Gasteiger partial charge >= 0.3 is 0 Å². The Labute approximate surface area is 140 Å². The highest BCUT2D eigenvalue weighted by molar-refractivity contribution is 7.99. The van der Waals surface area contributed by atoms with Crippen LogP contribution >= 0.6 is 11.8 Å². The smallest absolute Gasteiger partial charge is 0.280 e. The molecule has 2 fully saturated rings. The van der Waals surface area contributed by atoms with E-state index in [0.717, 1.165) is 35.0 Å². The molecule has 0 aromatic carbocycles. The van der Waals surface area contributed by atoms with Gasteiger partial charge in [-0.3, -0.25) is 9.36 Å². The number of aromatic amines is 1. The van der Waals surface area contributed by atoms with E-state index in [9.17, 15) is 4.79 Å². The fraction of sp³-hybridized carbons (Fsp3) is 0.706.